The highest BCUT2D eigenvalue weighted by molar-refractivity contribution is 9.10. The molecule has 2 N–H and O–H groups in total. The van der Waals surface area contributed by atoms with Gasteiger partial charge >= 0.3 is 0 Å². The lowest BCUT2D eigenvalue weighted by molar-refractivity contribution is 0.895. The van der Waals surface area contributed by atoms with Crippen molar-refractivity contribution in [2.45, 2.75) is 25.2 Å². The lowest BCUT2D eigenvalue weighted by atomic mass is 10.3. The molecule has 0 unspecified atom stereocenters. The maximum Gasteiger partial charge on any atom is 0.144 e. The zero-order valence-electron chi connectivity index (χ0n) is 9.86. The van der Waals surface area contributed by atoms with Gasteiger partial charge in [-0.15, -0.1) is 0 Å². The molecule has 2 aromatic heterocycles. The predicted octanol–water partition coefficient (Wildman–Crippen LogP) is 2.49. The fraction of sp³-hybridized carbons (Fsp3) is 0.417. The molecule has 0 radical (unpaired) electrons. The predicted molar refractivity (Wildman–Crippen MR) is 72.5 cm³/mol. The summed E-state index contributed by atoms with van der Waals surface area (Å²) in [6, 6.07) is 1.98. The van der Waals surface area contributed by atoms with Gasteiger partial charge in [0.05, 0.1) is 4.47 Å². The number of halogens is 1. The van der Waals surface area contributed by atoms with E-state index in [1.54, 1.807) is 6.20 Å². The van der Waals surface area contributed by atoms with Crippen LogP contribution in [0.25, 0.3) is 0 Å². The van der Waals surface area contributed by atoms with E-state index >= 15 is 0 Å². The second kappa shape index (κ2) is 5.06. The number of nitrogens with zero attached hydrogens (tertiary/aromatic N) is 3. The Morgan fingerprint density at radius 1 is 1.44 bits per heavy atom. The summed E-state index contributed by atoms with van der Waals surface area (Å²) in [6.45, 7) is 0.821. The van der Waals surface area contributed by atoms with Crippen LogP contribution < -0.4 is 5.32 Å². The maximum absolute atomic E-state index is 4.56. The molecular formula is C12H14BrN5. The molecule has 0 saturated heterocycles. The van der Waals surface area contributed by atoms with Crippen LogP contribution in [0.2, 0.25) is 0 Å². The molecule has 2 heterocycles. The van der Waals surface area contributed by atoms with Crippen LogP contribution in [0.1, 0.15) is 30.3 Å². The number of nitrogens with one attached hydrogen (secondary N) is 2. The Morgan fingerprint density at radius 3 is 3.06 bits per heavy atom. The Bertz CT molecular complexity index is 521. The zero-order chi connectivity index (χ0) is 12.4. The van der Waals surface area contributed by atoms with Crippen molar-refractivity contribution < 1.29 is 0 Å². The SMILES string of the molecule is Brc1cnc(C2CC2)nc1NCCc1ccn[nH]1. The maximum atomic E-state index is 4.56. The molecule has 1 aliphatic rings. The van der Waals surface area contributed by atoms with Crippen LogP contribution in [-0.4, -0.2) is 26.7 Å². The minimum absolute atomic E-state index is 0.575. The lowest BCUT2D eigenvalue weighted by Crippen LogP contribution is -2.08. The summed E-state index contributed by atoms with van der Waals surface area (Å²) in [5.74, 6) is 2.42. The van der Waals surface area contributed by atoms with Crippen molar-refractivity contribution in [3.63, 3.8) is 0 Å². The van der Waals surface area contributed by atoms with Gasteiger partial charge in [0.1, 0.15) is 11.6 Å². The van der Waals surface area contributed by atoms with Crippen LogP contribution in [0, 0.1) is 0 Å². The summed E-state index contributed by atoms with van der Waals surface area (Å²) in [5, 5.41) is 10.2. The van der Waals surface area contributed by atoms with Gasteiger partial charge in [-0.05, 0) is 34.8 Å². The molecule has 6 heteroatoms. The van der Waals surface area contributed by atoms with E-state index < -0.39 is 0 Å². The molecule has 1 aliphatic carbocycles. The number of hydrogen-bond acceptors (Lipinski definition) is 4. The van der Waals surface area contributed by atoms with Crippen LogP contribution in [0.5, 0.6) is 0 Å². The van der Waals surface area contributed by atoms with Crippen molar-refractivity contribution in [2.24, 2.45) is 0 Å². The Balaban J connectivity index is 1.62. The van der Waals surface area contributed by atoms with Gasteiger partial charge in [-0.25, -0.2) is 9.97 Å². The van der Waals surface area contributed by atoms with Crippen molar-refractivity contribution in [1.82, 2.24) is 20.2 Å². The summed E-state index contributed by atoms with van der Waals surface area (Å²) in [5.41, 5.74) is 1.12. The molecule has 0 bridgehead atoms. The first-order valence-corrected chi connectivity index (χ1v) is 6.87. The van der Waals surface area contributed by atoms with E-state index in [9.17, 15) is 0 Å². The minimum atomic E-state index is 0.575. The zero-order valence-corrected chi connectivity index (χ0v) is 11.4. The minimum Gasteiger partial charge on any atom is -0.369 e. The van der Waals surface area contributed by atoms with Gasteiger partial charge in [0, 0.05) is 37.0 Å². The highest BCUT2D eigenvalue weighted by Crippen LogP contribution is 2.38. The van der Waals surface area contributed by atoms with Crippen molar-refractivity contribution in [3.8, 4) is 0 Å². The van der Waals surface area contributed by atoms with Crippen LogP contribution in [0.15, 0.2) is 22.9 Å². The molecule has 5 nitrogen and oxygen atoms in total. The fourth-order valence-electron chi connectivity index (χ4n) is 1.78. The summed E-state index contributed by atoms with van der Waals surface area (Å²) < 4.78 is 0.913. The van der Waals surface area contributed by atoms with Crippen LogP contribution in [0.4, 0.5) is 5.82 Å². The Kier molecular flexibility index (Phi) is 3.27. The summed E-state index contributed by atoms with van der Waals surface area (Å²) >= 11 is 3.47. The van der Waals surface area contributed by atoms with Crippen molar-refractivity contribution >= 4 is 21.7 Å². The van der Waals surface area contributed by atoms with Crippen molar-refractivity contribution in [1.29, 1.82) is 0 Å². The summed E-state index contributed by atoms with van der Waals surface area (Å²) in [6.07, 6.45) is 6.93. The highest BCUT2D eigenvalue weighted by Gasteiger charge is 2.26. The van der Waals surface area contributed by atoms with E-state index in [2.05, 4.69) is 41.4 Å². The number of hydrogen-bond donors (Lipinski definition) is 2. The van der Waals surface area contributed by atoms with E-state index in [-0.39, 0.29) is 0 Å². The van der Waals surface area contributed by atoms with Gasteiger partial charge in [0.2, 0.25) is 0 Å². The van der Waals surface area contributed by atoms with Crippen molar-refractivity contribution in [3.05, 3.63) is 34.5 Å². The average Bonchev–Trinajstić information content (AvgIpc) is 3.10. The molecule has 0 amide bonds. The Morgan fingerprint density at radius 2 is 2.33 bits per heavy atom. The largest absolute Gasteiger partial charge is 0.369 e. The summed E-state index contributed by atoms with van der Waals surface area (Å²) in [4.78, 5) is 8.90. The molecule has 3 rings (SSSR count). The van der Waals surface area contributed by atoms with Gasteiger partial charge in [-0.1, -0.05) is 0 Å². The first kappa shape index (κ1) is 11.6. The van der Waals surface area contributed by atoms with E-state index in [4.69, 9.17) is 0 Å². The number of rotatable bonds is 5. The number of anilines is 1. The third kappa shape index (κ3) is 2.69. The van der Waals surface area contributed by atoms with Crippen LogP contribution in [-0.2, 0) is 6.42 Å². The molecule has 0 aromatic carbocycles. The highest BCUT2D eigenvalue weighted by atomic mass is 79.9. The fourth-order valence-corrected chi connectivity index (χ4v) is 2.11. The summed E-state index contributed by atoms with van der Waals surface area (Å²) in [7, 11) is 0. The first-order chi connectivity index (χ1) is 8.83. The molecule has 2 aromatic rings. The van der Waals surface area contributed by atoms with E-state index in [0.29, 0.717) is 5.92 Å². The van der Waals surface area contributed by atoms with Gasteiger partial charge in [-0.2, -0.15) is 5.10 Å². The number of aromatic nitrogens is 4. The second-order valence-electron chi connectivity index (χ2n) is 4.46. The number of aromatic amines is 1. The monoisotopic (exact) mass is 307 g/mol. The van der Waals surface area contributed by atoms with E-state index in [1.807, 2.05) is 12.3 Å². The van der Waals surface area contributed by atoms with Crippen molar-refractivity contribution in [2.75, 3.05) is 11.9 Å². The molecule has 0 aliphatic heterocycles. The molecular weight excluding hydrogens is 294 g/mol. The molecule has 1 fully saturated rings. The van der Waals surface area contributed by atoms with Crippen LogP contribution >= 0.6 is 15.9 Å². The van der Waals surface area contributed by atoms with E-state index in [0.717, 1.165) is 34.8 Å². The molecule has 1 saturated carbocycles. The first-order valence-electron chi connectivity index (χ1n) is 6.07. The van der Waals surface area contributed by atoms with Gasteiger partial charge in [0.25, 0.3) is 0 Å². The quantitative estimate of drug-likeness (QED) is 0.890. The Labute approximate surface area is 114 Å². The topological polar surface area (TPSA) is 66.5 Å². The third-order valence-electron chi connectivity index (χ3n) is 2.95. The molecule has 0 spiro atoms. The molecule has 18 heavy (non-hydrogen) atoms. The van der Waals surface area contributed by atoms with Crippen LogP contribution in [0.3, 0.4) is 0 Å². The lowest BCUT2D eigenvalue weighted by Gasteiger charge is -2.08. The average molecular weight is 308 g/mol. The third-order valence-corrected chi connectivity index (χ3v) is 3.53. The van der Waals surface area contributed by atoms with Gasteiger partial charge in [0.15, 0.2) is 0 Å². The number of H-pyrrole nitrogens is 1. The second-order valence-corrected chi connectivity index (χ2v) is 5.31. The van der Waals surface area contributed by atoms with Gasteiger partial charge in [-0.3, -0.25) is 5.10 Å². The molecule has 94 valence electrons. The normalized spacial score (nSPS) is 14.7. The Hall–Kier alpha value is -1.43. The van der Waals surface area contributed by atoms with E-state index in [1.165, 1.54) is 12.8 Å². The molecule has 0 atom stereocenters. The van der Waals surface area contributed by atoms with Gasteiger partial charge < -0.3 is 5.32 Å². The standard InChI is InChI=1S/C12H14BrN5/c13-10-7-15-11(8-1-2-8)17-12(10)14-5-3-9-4-6-16-18-9/h4,6-8H,1-3,5H2,(H,16,18)(H,14,15,17). The smallest absolute Gasteiger partial charge is 0.144 e.